The molecule has 1 saturated heterocycles. The van der Waals surface area contributed by atoms with Gasteiger partial charge in [-0.05, 0) is 33.6 Å². The van der Waals surface area contributed by atoms with Crippen molar-refractivity contribution in [2.75, 3.05) is 13.2 Å². The van der Waals surface area contributed by atoms with Crippen LogP contribution in [0.1, 0.15) is 33.6 Å². The van der Waals surface area contributed by atoms with Crippen molar-refractivity contribution in [3.63, 3.8) is 0 Å². The smallest absolute Gasteiger partial charge is 0.410 e. The Balaban J connectivity index is 2.67. The van der Waals surface area contributed by atoms with Gasteiger partial charge < -0.3 is 14.7 Å². The van der Waals surface area contributed by atoms with Gasteiger partial charge in [0.2, 0.25) is 0 Å². The molecule has 1 amide bonds. The van der Waals surface area contributed by atoms with Gasteiger partial charge in [0.1, 0.15) is 0 Å². The van der Waals surface area contributed by atoms with Gasteiger partial charge in [-0.1, -0.05) is 0 Å². The first-order valence-corrected chi connectivity index (χ1v) is 5.10. The Hall–Kier alpha value is -0.770. The number of aliphatic hydroxyl groups excluding tert-OH is 1. The van der Waals surface area contributed by atoms with Crippen LogP contribution in [0.15, 0.2) is 0 Å². The Kier molecular flexibility index (Phi) is 3.37. The molecule has 4 nitrogen and oxygen atoms in total. The maximum absolute atomic E-state index is 11.6. The van der Waals surface area contributed by atoms with Crippen molar-refractivity contribution in [1.82, 2.24) is 4.90 Å². The highest BCUT2D eigenvalue weighted by molar-refractivity contribution is 5.68. The molecule has 82 valence electrons. The number of nitrogens with zero attached hydrogens (tertiary/aromatic N) is 1. The van der Waals surface area contributed by atoms with E-state index in [4.69, 9.17) is 4.74 Å². The summed E-state index contributed by atoms with van der Waals surface area (Å²) in [4.78, 5) is 13.2. The van der Waals surface area contributed by atoms with E-state index in [9.17, 15) is 9.90 Å². The summed E-state index contributed by atoms with van der Waals surface area (Å²) in [7, 11) is 0. The summed E-state index contributed by atoms with van der Waals surface area (Å²) in [5, 5.41) is 9.48. The molecule has 0 aliphatic carbocycles. The highest BCUT2D eigenvalue weighted by Gasteiger charge is 2.37. The quantitative estimate of drug-likeness (QED) is 0.697. The van der Waals surface area contributed by atoms with E-state index in [0.717, 1.165) is 12.8 Å². The molecule has 0 saturated carbocycles. The minimum atomic E-state index is -0.410. The zero-order valence-electron chi connectivity index (χ0n) is 9.12. The molecule has 1 atom stereocenters. The van der Waals surface area contributed by atoms with Crippen LogP contribution in [0.25, 0.3) is 0 Å². The van der Waals surface area contributed by atoms with E-state index in [1.54, 1.807) is 11.8 Å². The Morgan fingerprint density at radius 3 is 2.86 bits per heavy atom. The van der Waals surface area contributed by atoms with E-state index in [0.29, 0.717) is 13.2 Å². The Morgan fingerprint density at radius 1 is 1.64 bits per heavy atom. The molecule has 4 heteroatoms. The average molecular weight is 201 g/mol. The van der Waals surface area contributed by atoms with Crippen LogP contribution in [0.2, 0.25) is 0 Å². The first-order chi connectivity index (χ1) is 6.47. The van der Waals surface area contributed by atoms with Crippen molar-refractivity contribution in [3.8, 4) is 0 Å². The van der Waals surface area contributed by atoms with Crippen LogP contribution in [0.4, 0.5) is 4.79 Å². The van der Waals surface area contributed by atoms with Crippen molar-refractivity contribution in [2.45, 2.75) is 45.3 Å². The molecule has 0 aromatic rings. The normalized spacial score (nSPS) is 26.0. The molecule has 1 fully saturated rings. The zero-order valence-corrected chi connectivity index (χ0v) is 9.12. The molecule has 1 N–H and O–H groups in total. The molecule has 0 bridgehead atoms. The Bertz CT molecular complexity index is 215. The fraction of sp³-hybridized carbons (Fsp3) is 0.900. The fourth-order valence-corrected chi connectivity index (χ4v) is 1.73. The van der Waals surface area contributed by atoms with Crippen molar-refractivity contribution >= 4 is 6.09 Å². The van der Waals surface area contributed by atoms with Crippen LogP contribution >= 0.6 is 0 Å². The lowest BCUT2D eigenvalue weighted by Gasteiger charge is -2.43. The van der Waals surface area contributed by atoms with E-state index < -0.39 is 6.10 Å². The third-order valence-electron chi connectivity index (χ3n) is 2.70. The standard InChI is InChI=1S/C10H19NO3/c1-4-14-9(13)11-7-8(12)5-6-10(11,2)3/h8,12H,4-7H2,1-3H3. The fourth-order valence-electron chi connectivity index (χ4n) is 1.73. The van der Waals surface area contributed by atoms with Crippen LogP contribution in [0, 0.1) is 0 Å². The SMILES string of the molecule is CCOC(=O)N1CC(O)CCC1(C)C. The molecule has 0 aromatic heterocycles. The second kappa shape index (κ2) is 4.17. The molecule has 1 unspecified atom stereocenters. The maximum Gasteiger partial charge on any atom is 0.410 e. The van der Waals surface area contributed by atoms with E-state index in [2.05, 4.69) is 0 Å². The third-order valence-corrected chi connectivity index (χ3v) is 2.70. The first kappa shape index (κ1) is 11.3. The minimum absolute atomic E-state index is 0.203. The van der Waals surface area contributed by atoms with Crippen LogP contribution < -0.4 is 0 Å². The summed E-state index contributed by atoms with van der Waals surface area (Å²) in [6.45, 7) is 6.53. The zero-order chi connectivity index (χ0) is 10.8. The number of piperidine rings is 1. The van der Waals surface area contributed by atoms with Crippen LogP contribution in [0.5, 0.6) is 0 Å². The second-order valence-electron chi connectivity index (χ2n) is 4.31. The van der Waals surface area contributed by atoms with Crippen molar-refractivity contribution in [2.24, 2.45) is 0 Å². The number of likely N-dealkylation sites (tertiary alicyclic amines) is 1. The van der Waals surface area contributed by atoms with Crippen molar-refractivity contribution in [1.29, 1.82) is 0 Å². The summed E-state index contributed by atoms with van der Waals surface area (Å²) < 4.78 is 4.94. The number of hydrogen-bond acceptors (Lipinski definition) is 3. The number of β-amino-alcohol motifs (C(OH)–C–C–N with tert-alkyl or cyclic N) is 1. The number of hydrogen-bond donors (Lipinski definition) is 1. The van der Waals surface area contributed by atoms with Crippen LogP contribution in [0.3, 0.4) is 0 Å². The monoisotopic (exact) mass is 201 g/mol. The van der Waals surface area contributed by atoms with E-state index in [1.165, 1.54) is 0 Å². The number of amides is 1. The van der Waals surface area contributed by atoms with Gasteiger partial charge in [0.05, 0.1) is 19.3 Å². The highest BCUT2D eigenvalue weighted by atomic mass is 16.6. The van der Waals surface area contributed by atoms with Crippen LogP contribution in [-0.4, -0.2) is 40.9 Å². The Labute approximate surface area is 84.8 Å². The lowest BCUT2D eigenvalue weighted by atomic mass is 9.90. The molecule has 1 aliphatic rings. The third kappa shape index (κ3) is 2.38. The van der Waals surface area contributed by atoms with Gasteiger partial charge in [-0.25, -0.2) is 4.79 Å². The van der Waals surface area contributed by atoms with E-state index in [-0.39, 0.29) is 11.6 Å². The molecular formula is C10H19NO3. The molecule has 1 heterocycles. The minimum Gasteiger partial charge on any atom is -0.450 e. The van der Waals surface area contributed by atoms with Gasteiger partial charge in [-0.2, -0.15) is 0 Å². The molecular weight excluding hydrogens is 182 g/mol. The second-order valence-corrected chi connectivity index (χ2v) is 4.31. The van der Waals surface area contributed by atoms with Gasteiger partial charge in [-0.3, -0.25) is 0 Å². The highest BCUT2D eigenvalue weighted by Crippen LogP contribution is 2.27. The van der Waals surface area contributed by atoms with Crippen molar-refractivity contribution < 1.29 is 14.6 Å². The molecule has 1 aliphatic heterocycles. The number of aliphatic hydroxyl groups is 1. The summed E-state index contributed by atoms with van der Waals surface area (Å²) in [5.41, 5.74) is -0.203. The molecule has 0 spiro atoms. The average Bonchev–Trinajstić information content (AvgIpc) is 2.10. The lowest BCUT2D eigenvalue weighted by Crippen LogP contribution is -2.54. The topological polar surface area (TPSA) is 49.8 Å². The number of carbonyl (C=O) groups is 1. The van der Waals surface area contributed by atoms with E-state index >= 15 is 0 Å². The van der Waals surface area contributed by atoms with Gasteiger partial charge in [-0.15, -0.1) is 0 Å². The summed E-state index contributed by atoms with van der Waals surface area (Å²) in [6, 6.07) is 0. The van der Waals surface area contributed by atoms with Gasteiger partial charge in [0.25, 0.3) is 0 Å². The van der Waals surface area contributed by atoms with Crippen molar-refractivity contribution in [3.05, 3.63) is 0 Å². The van der Waals surface area contributed by atoms with Gasteiger partial charge >= 0.3 is 6.09 Å². The van der Waals surface area contributed by atoms with E-state index in [1.807, 2.05) is 13.8 Å². The maximum atomic E-state index is 11.6. The van der Waals surface area contributed by atoms with Crippen LogP contribution in [-0.2, 0) is 4.74 Å². The molecule has 0 radical (unpaired) electrons. The largest absolute Gasteiger partial charge is 0.450 e. The van der Waals surface area contributed by atoms with Gasteiger partial charge in [0.15, 0.2) is 0 Å². The Morgan fingerprint density at radius 2 is 2.29 bits per heavy atom. The number of rotatable bonds is 1. The lowest BCUT2D eigenvalue weighted by molar-refractivity contribution is -0.00557. The summed E-state index contributed by atoms with van der Waals surface area (Å²) in [6.07, 6.45) is 0.833. The molecule has 14 heavy (non-hydrogen) atoms. The number of ether oxygens (including phenoxy) is 1. The molecule has 0 aromatic carbocycles. The predicted molar refractivity (Wildman–Crippen MR) is 53.0 cm³/mol. The first-order valence-electron chi connectivity index (χ1n) is 5.10. The summed E-state index contributed by atoms with van der Waals surface area (Å²) >= 11 is 0. The predicted octanol–water partition coefficient (Wildman–Crippen LogP) is 1.38. The summed E-state index contributed by atoms with van der Waals surface area (Å²) in [5.74, 6) is 0. The van der Waals surface area contributed by atoms with Gasteiger partial charge in [0, 0.05) is 5.54 Å². The number of carbonyl (C=O) groups excluding carboxylic acids is 1. The molecule has 1 rings (SSSR count).